The first-order valence-electron chi connectivity index (χ1n) is 10.7. The Kier molecular flexibility index (Phi) is 8.97. The molecule has 0 aliphatic heterocycles. The Morgan fingerprint density at radius 1 is 1.17 bits per heavy atom. The van der Waals surface area contributed by atoms with E-state index in [2.05, 4.69) is 11.9 Å². The second-order valence-corrected chi connectivity index (χ2v) is 8.49. The molecule has 1 N–H and O–H groups in total. The molecule has 7 heteroatoms. The SMILES string of the molecule is C=CCc1cc(/C=C(/C#N)C(=O)Nc2cccc(Cl)c2Cl)cc(OC)c1OCc1ccc(C)cc1. The van der Waals surface area contributed by atoms with Gasteiger partial charge in [0.15, 0.2) is 11.5 Å². The van der Waals surface area contributed by atoms with E-state index in [1.54, 1.807) is 30.3 Å². The number of allylic oxidation sites excluding steroid dienone is 1. The fourth-order valence-corrected chi connectivity index (χ4v) is 3.68. The van der Waals surface area contributed by atoms with Gasteiger partial charge in [0, 0.05) is 5.56 Å². The molecule has 0 aromatic heterocycles. The zero-order valence-electron chi connectivity index (χ0n) is 19.4. The van der Waals surface area contributed by atoms with Crippen molar-refractivity contribution in [2.45, 2.75) is 20.0 Å². The quantitative estimate of drug-likeness (QED) is 0.190. The standard InChI is InChI=1S/C28H24Cl2N2O3/c1-4-6-21-13-20(14-22(16-31)28(33)32-24-8-5-7-23(29)26(24)30)15-25(34-3)27(21)35-17-19-11-9-18(2)10-12-19/h4-5,7-15H,1,6,17H2,2-3H3,(H,32,33)/b22-14-. The third kappa shape index (κ3) is 6.66. The van der Waals surface area contributed by atoms with Crippen molar-refractivity contribution in [3.05, 3.63) is 105 Å². The summed E-state index contributed by atoms with van der Waals surface area (Å²) in [6.45, 7) is 6.22. The van der Waals surface area contributed by atoms with E-state index in [1.165, 1.54) is 18.7 Å². The topological polar surface area (TPSA) is 71.4 Å². The van der Waals surface area contributed by atoms with Crippen LogP contribution in [-0.2, 0) is 17.8 Å². The third-order valence-corrected chi connectivity index (χ3v) is 5.94. The molecule has 35 heavy (non-hydrogen) atoms. The molecule has 0 saturated carbocycles. The second kappa shape index (κ2) is 12.1. The van der Waals surface area contributed by atoms with Gasteiger partial charge >= 0.3 is 0 Å². The van der Waals surface area contributed by atoms with Gasteiger partial charge in [0.05, 0.1) is 22.8 Å². The van der Waals surface area contributed by atoms with Crippen molar-refractivity contribution >= 4 is 40.9 Å². The molecule has 3 aromatic carbocycles. The summed E-state index contributed by atoms with van der Waals surface area (Å²) in [6.07, 6.45) is 3.74. The number of halogens is 2. The normalized spacial score (nSPS) is 10.9. The van der Waals surface area contributed by atoms with E-state index in [0.29, 0.717) is 40.8 Å². The molecule has 3 aromatic rings. The van der Waals surface area contributed by atoms with E-state index in [0.717, 1.165) is 11.1 Å². The maximum absolute atomic E-state index is 12.8. The molecule has 0 spiro atoms. The number of hydrogen-bond acceptors (Lipinski definition) is 4. The van der Waals surface area contributed by atoms with Crippen LogP contribution in [0, 0.1) is 18.3 Å². The van der Waals surface area contributed by atoms with Gasteiger partial charge in [0.2, 0.25) is 0 Å². The van der Waals surface area contributed by atoms with Crippen molar-refractivity contribution in [3.63, 3.8) is 0 Å². The summed E-state index contributed by atoms with van der Waals surface area (Å²) >= 11 is 12.2. The van der Waals surface area contributed by atoms with E-state index in [4.69, 9.17) is 32.7 Å². The van der Waals surface area contributed by atoms with E-state index in [1.807, 2.05) is 43.3 Å². The van der Waals surface area contributed by atoms with Gasteiger partial charge in [-0.3, -0.25) is 4.79 Å². The highest BCUT2D eigenvalue weighted by atomic mass is 35.5. The predicted molar refractivity (Wildman–Crippen MR) is 141 cm³/mol. The molecule has 0 radical (unpaired) electrons. The average Bonchev–Trinajstić information content (AvgIpc) is 2.85. The summed E-state index contributed by atoms with van der Waals surface area (Å²) in [4.78, 5) is 12.8. The van der Waals surface area contributed by atoms with Gasteiger partial charge in [-0.15, -0.1) is 6.58 Å². The van der Waals surface area contributed by atoms with Crippen LogP contribution in [0.4, 0.5) is 5.69 Å². The van der Waals surface area contributed by atoms with Gasteiger partial charge < -0.3 is 14.8 Å². The van der Waals surface area contributed by atoms with E-state index in [9.17, 15) is 10.1 Å². The van der Waals surface area contributed by atoms with Crippen LogP contribution in [0.15, 0.2) is 72.8 Å². The average molecular weight is 507 g/mol. The van der Waals surface area contributed by atoms with E-state index in [-0.39, 0.29) is 10.6 Å². The molecule has 0 unspecified atom stereocenters. The molecule has 1 amide bonds. The number of nitrogens with one attached hydrogen (secondary N) is 1. The van der Waals surface area contributed by atoms with Crippen LogP contribution < -0.4 is 14.8 Å². The summed E-state index contributed by atoms with van der Waals surface area (Å²) in [7, 11) is 1.54. The van der Waals surface area contributed by atoms with Crippen molar-refractivity contribution in [2.24, 2.45) is 0 Å². The van der Waals surface area contributed by atoms with Gasteiger partial charge in [0.25, 0.3) is 5.91 Å². The summed E-state index contributed by atoms with van der Waals surface area (Å²) < 4.78 is 11.7. The van der Waals surface area contributed by atoms with Gasteiger partial charge in [-0.05, 0) is 54.8 Å². The molecular weight excluding hydrogens is 483 g/mol. The Bertz CT molecular complexity index is 1310. The fraction of sp³-hybridized carbons (Fsp3) is 0.143. The monoisotopic (exact) mass is 506 g/mol. The molecule has 5 nitrogen and oxygen atoms in total. The molecule has 0 heterocycles. The number of methoxy groups -OCH3 is 1. The first kappa shape index (κ1) is 25.9. The van der Waals surface area contributed by atoms with Crippen molar-refractivity contribution in [1.29, 1.82) is 5.26 Å². The van der Waals surface area contributed by atoms with Gasteiger partial charge in [0.1, 0.15) is 18.2 Å². The van der Waals surface area contributed by atoms with Crippen LogP contribution >= 0.6 is 23.2 Å². The molecule has 178 valence electrons. The van der Waals surface area contributed by atoms with Crippen molar-refractivity contribution in [1.82, 2.24) is 0 Å². The number of carbonyl (C=O) groups excluding carboxylic acids is 1. The maximum atomic E-state index is 12.8. The number of amides is 1. The fourth-order valence-electron chi connectivity index (χ4n) is 3.33. The minimum atomic E-state index is -0.611. The van der Waals surface area contributed by atoms with Crippen molar-refractivity contribution in [3.8, 4) is 17.6 Å². The number of aryl methyl sites for hydroxylation is 1. The zero-order chi connectivity index (χ0) is 25.4. The van der Waals surface area contributed by atoms with Crippen molar-refractivity contribution in [2.75, 3.05) is 12.4 Å². The van der Waals surface area contributed by atoms with Gasteiger partial charge in [-0.25, -0.2) is 0 Å². The maximum Gasteiger partial charge on any atom is 0.266 e. The lowest BCUT2D eigenvalue weighted by molar-refractivity contribution is -0.112. The first-order valence-corrected chi connectivity index (χ1v) is 11.5. The van der Waals surface area contributed by atoms with Crippen LogP contribution in [0.25, 0.3) is 6.08 Å². The number of carbonyl (C=O) groups is 1. The highest BCUT2D eigenvalue weighted by Crippen LogP contribution is 2.35. The van der Waals surface area contributed by atoms with E-state index >= 15 is 0 Å². The number of nitriles is 1. The van der Waals surface area contributed by atoms with E-state index < -0.39 is 5.91 Å². The number of anilines is 1. The zero-order valence-corrected chi connectivity index (χ0v) is 20.9. The third-order valence-electron chi connectivity index (χ3n) is 5.12. The number of nitrogens with zero attached hydrogens (tertiary/aromatic N) is 1. The number of benzene rings is 3. The Morgan fingerprint density at radius 2 is 1.91 bits per heavy atom. The first-order chi connectivity index (χ1) is 16.9. The number of ether oxygens (including phenoxy) is 2. The summed E-state index contributed by atoms with van der Waals surface area (Å²) in [5.74, 6) is 0.456. The molecule has 0 fully saturated rings. The van der Waals surface area contributed by atoms with Crippen LogP contribution in [-0.4, -0.2) is 13.0 Å². The second-order valence-electron chi connectivity index (χ2n) is 7.70. The molecule has 0 atom stereocenters. The predicted octanol–water partition coefficient (Wildman–Crippen LogP) is 7.16. The lowest BCUT2D eigenvalue weighted by Gasteiger charge is -2.16. The van der Waals surface area contributed by atoms with Gasteiger partial charge in [-0.1, -0.05) is 65.2 Å². The van der Waals surface area contributed by atoms with Crippen LogP contribution in [0.1, 0.15) is 22.3 Å². The largest absolute Gasteiger partial charge is 0.493 e. The number of rotatable bonds is 9. The smallest absolute Gasteiger partial charge is 0.266 e. The molecular formula is C28H24Cl2N2O3. The lowest BCUT2D eigenvalue weighted by Crippen LogP contribution is -2.13. The summed E-state index contributed by atoms with van der Waals surface area (Å²) in [5.41, 5.74) is 3.81. The Morgan fingerprint density at radius 3 is 2.57 bits per heavy atom. The minimum absolute atomic E-state index is 0.110. The van der Waals surface area contributed by atoms with Crippen molar-refractivity contribution < 1.29 is 14.3 Å². The molecule has 3 rings (SSSR count). The molecule has 0 saturated heterocycles. The highest BCUT2D eigenvalue weighted by molar-refractivity contribution is 6.44. The lowest BCUT2D eigenvalue weighted by atomic mass is 10.0. The molecule has 0 aliphatic carbocycles. The Hall–Kier alpha value is -3.72. The minimum Gasteiger partial charge on any atom is -0.493 e. The molecule has 0 bridgehead atoms. The summed E-state index contributed by atoms with van der Waals surface area (Å²) in [5, 5.41) is 12.8. The highest BCUT2D eigenvalue weighted by Gasteiger charge is 2.16. The van der Waals surface area contributed by atoms with Gasteiger partial charge in [-0.2, -0.15) is 5.26 Å². The number of hydrogen-bond donors (Lipinski definition) is 1. The molecule has 0 aliphatic rings. The Labute approximate surface area is 215 Å². The van der Waals surface area contributed by atoms with Crippen LogP contribution in [0.3, 0.4) is 0 Å². The van der Waals surface area contributed by atoms with Crippen LogP contribution in [0.2, 0.25) is 10.0 Å². The van der Waals surface area contributed by atoms with Crippen LogP contribution in [0.5, 0.6) is 11.5 Å². The Balaban J connectivity index is 1.91. The summed E-state index contributed by atoms with van der Waals surface area (Å²) in [6, 6.07) is 18.4.